The standard InChI is InChI=1S/C25H26N2O3S.C4H8O/c1-17(12-18(2)25(28)29)13-21-16-31-24(27-21)23(26)14-19-8-10-22(11-9-19)30-15-20-6-4-3-5-7-20;1-4(2)3-5/h3-13,16,23H,14-15,26H2,1-2H3,(H,28,29);3-4H,1-2H3/b17-13+,18-12-;/t23-;/m0./s1. The second-order valence-electron chi connectivity index (χ2n) is 8.74. The Hall–Kier alpha value is -3.55. The first-order chi connectivity index (χ1) is 17.2. The summed E-state index contributed by atoms with van der Waals surface area (Å²) in [5.74, 6) is 0.100. The first-order valence-corrected chi connectivity index (χ1v) is 12.6. The number of hydrogen-bond donors (Lipinski definition) is 2. The van der Waals surface area contributed by atoms with E-state index >= 15 is 0 Å². The van der Waals surface area contributed by atoms with Crippen molar-refractivity contribution in [2.75, 3.05) is 0 Å². The van der Waals surface area contributed by atoms with Gasteiger partial charge in [0.25, 0.3) is 0 Å². The predicted octanol–water partition coefficient (Wildman–Crippen LogP) is 6.24. The molecule has 0 fully saturated rings. The number of aromatic nitrogens is 1. The maximum atomic E-state index is 10.9. The van der Waals surface area contributed by atoms with Crippen molar-refractivity contribution >= 4 is 29.7 Å². The normalized spacial score (nSPS) is 12.5. The molecular weight excluding hydrogens is 472 g/mol. The average molecular weight is 507 g/mol. The van der Waals surface area contributed by atoms with Gasteiger partial charge in [-0.05, 0) is 61.3 Å². The van der Waals surface area contributed by atoms with E-state index in [1.165, 1.54) is 11.3 Å². The van der Waals surface area contributed by atoms with Gasteiger partial charge in [0.15, 0.2) is 0 Å². The molecule has 0 aliphatic rings. The first kappa shape index (κ1) is 28.7. The molecule has 0 bridgehead atoms. The first-order valence-electron chi connectivity index (χ1n) is 11.7. The van der Waals surface area contributed by atoms with E-state index in [-0.39, 0.29) is 17.5 Å². The van der Waals surface area contributed by atoms with Gasteiger partial charge in [-0.3, -0.25) is 0 Å². The summed E-state index contributed by atoms with van der Waals surface area (Å²) in [6, 6.07) is 17.8. The molecule has 1 aromatic heterocycles. The van der Waals surface area contributed by atoms with Crippen LogP contribution in [0.1, 0.15) is 55.6 Å². The topological polar surface area (TPSA) is 103 Å². The van der Waals surface area contributed by atoms with Crippen molar-refractivity contribution in [1.82, 2.24) is 4.98 Å². The molecule has 0 radical (unpaired) electrons. The molecule has 0 unspecified atom stereocenters. The van der Waals surface area contributed by atoms with E-state index in [0.717, 1.165) is 39.4 Å². The Morgan fingerprint density at radius 3 is 2.31 bits per heavy atom. The third-order valence-corrected chi connectivity index (χ3v) is 5.91. The third kappa shape index (κ3) is 10.4. The molecule has 7 heteroatoms. The fraction of sp³-hybridized carbons (Fsp3) is 0.276. The van der Waals surface area contributed by atoms with E-state index in [4.69, 9.17) is 15.6 Å². The molecule has 0 aliphatic carbocycles. The lowest BCUT2D eigenvalue weighted by atomic mass is 10.1. The zero-order valence-corrected chi connectivity index (χ0v) is 22.0. The maximum Gasteiger partial charge on any atom is 0.331 e. The molecule has 2 aromatic carbocycles. The van der Waals surface area contributed by atoms with E-state index in [2.05, 4.69) is 4.98 Å². The van der Waals surface area contributed by atoms with Crippen molar-refractivity contribution in [2.24, 2.45) is 11.7 Å². The van der Waals surface area contributed by atoms with Crippen LogP contribution in [-0.2, 0) is 22.6 Å². The second-order valence-corrected chi connectivity index (χ2v) is 9.63. The number of ether oxygens (including phenoxy) is 1. The van der Waals surface area contributed by atoms with Crippen LogP contribution in [0.2, 0.25) is 0 Å². The van der Waals surface area contributed by atoms with Crippen LogP contribution in [0, 0.1) is 5.92 Å². The minimum Gasteiger partial charge on any atom is -0.489 e. The van der Waals surface area contributed by atoms with E-state index in [0.29, 0.717) is 13.0 Å². The molecule has 3 rings (SSSR count). The van der Waals surface area contributed by atoms with Crippen LogP contribution >= 0.6 is 11.3 Å². The molecule has 0 spiro atoms. The zero-order valence-electron chi connectivity index (χ0n) is 21.2. The van der Waals surface area contributed by atoms with Crippen molar-refractivity contribution in [2.45, 2.75) is 46.8 Å². The smallest absolute Gasteiger partial charge is 0.331 e. The summed E-state index contributed by atoms with van der Waals surface area (Å²) in [7, 11) is 0. The summed E-state index contributed by atoms with van der Waals surface area (Å²) >= 11 is 1.51. The van der Waals surface area contributed by atoms with E-state index in [9.17, 15) is 9.59 Å². The number of thiazole rings is 1. The molecule has 0 saturated heterocycles. The number of carbonyl (C=O) groups excluding carboxylic acids is 1. The molecule has 190 valence electrons. The Morgan fingerprint density at radius 2 is 1.72 bits per heavy atom. The lowest BCUT2D eigenvalue weighted by Gasteiger charge is -2.10. The number of nitrogens with two attached hydrogens (primary N) is 1. The summed E-state index contributed by atoms with van der Waals surface area (Å²) in [5.41, 5.74) is 10.5. The molecular formula is C29H34N2O4S. The monoisotopic (exact) mass is 506 g/mol. The zero-order chi connectivity index (χ0) is 26.5. The molecule has 3 aromatic rings. The summed E-state index contributed by atoms with van der Waals surface area (Å²) in [6.45, 7) is 7.67. The van der Waals surface area contributed by atoms with Gasteiger partial charge >= 0.3 is 5.97 Å². The summed E-state index contributed by atoms with van der Waals surface area (Å²) in [6.07, 6.45) is 5.08. The Kier molecular flexibility index (Phi) is 11.8. The Balaban J connectivity index is 0.000000830. The highest BCUT2D eigenvalue weighted by Crippen LogP contribution is 2.23. The minimum atomic E-state index is -0.926. The van der Waals surface area contributed by atoms with Crippen molar-refractivity contribution in [3.63, 3.8) is 0 Å². The lowest BCUT2D eigenvalue weighted by Crippen LogP contribution is -2.13. The largest absolute Gasteiger partial charge is 0.489 e. The fourth-order valence-electron chi connectivity index (χ4n) is 3.02. The van der Waals surface area contributed by atoms with Gasteiger partial charge in [-0.25, -0.2) is 9.78 Å². The molecule has 36 heavy (non-hydrogen) atoms. The Bertz CT molecular complexity index is 1170. The number of carboxylic acids is 1. The second kappa shape index (κ2) is 14.8. The molecule has 0 amide bonds. The predicted molar refractivity (Wildman–Crippen MR) is 146 cm³/mol. The SMILES string of the molecule is C/C(=C/C(C)=C/c1csc([C@@H](N)Cc2ccc(OCc3ccccc3)cc2)n1)C(=O)O.CC(C)C=O. The van der Waals surface area contributed by atoms with Gasteiger partial charge in [0.2, 0.25) is 0 Å². The van der Waals surface area contributed by atoms with Crippen LogP contribution in [-0.4, -0.2) is 22.3 Å². The number of rotatable bonds is 10. The van der Waals surface area contributed by atoms with Crippen LogP contribution in [0.25, 0.3) is 6.08 Å². The third-order valence-electron chi connectivity index (χ3n) is 4.91. The van der Waals surface area contributed by atoms with Gasteiger partial charge in [-0.15, -0.1) is 11.3 Å². The van der Waals surface area contributed by atoms with Gasteiger partial charge in [-0.2, -0.15) is 0 Å². The number of aliphatic carboxylic acids is 1. The number of carboxylic acid groups (broad SMARTS) is 1. The van der Waals surface area contributed by atoms with Crippen molar-refractivity contribution in [3.05, 3.63) is 99.0 Å². The van der Waals surface area contributed by atoms with E-state index in [1.807, 2.05) is 86.8 Å². The van der Waals surface area contributed by atoms with Gasteiger partial charge in [-0.1, -0.05) is 56.3 Å². The number of aldehydes is 1. The van der Waals surface area contributed by atoms with Crippen molar-refractivity contribution in [3.8, 4) is 5.75 Å². The number of nitrogens with zero attached hydrogens (tertiary/aromatic N) is 1. The lowest BCUT2D eigenvalue weighted by molar-refractivity contribution is -0.132. The highest BCUT2D eigenvalue weighted by molar-refractivity contribution is 7.09. The summed E-state index contributed by atoms with van der Waals surface area (Å²) in [4.78, 5) is 25.0. The van der Waals surface area contributed by atoms with E-state index in [1.54, 1.807) is 13.0 Å². The maximum absolute atomic E-state index is 10.9. The highest BCUT2D eigenvalue weighted by atomic mass is 32.1. The summed E-state index contributed by atoms with van der Waals surface area (Å²) < 4.78 is 5.83. The van der Waals surface area contributed by atoms with Gasteiger partial charge in [0.1, 0.15) is 23.7 Å². The van der Waals surface area contributed by atoms with Crippen LogP contribution in [0.15, 0.2) is 77.2 Å². The molecule has 0 aliphatic heterocycles. The fourth-order valence-corrected chi connectivity index (χ4v) is 3.80. The number of allylic oxidation sites excluding steroid dienone is 2. The number of benzene rings is 2. The Labute approximate surface area is 217 Å². The molecule has 3 N–H and O–H groups in total. The minimum absolute atomic E-state index is 0.204. The summed E-state index contributed by atoms with van der Waals surface area (Å²) in [5, 5.41) is 11.8. The molecule has 6 nitrogen and oxygen atoms in total. The van der Waals surface area contributed by atoms with Crippen molar-refractivity contribution < 1.29 is 19.4 Å². The van der Waals surface area contributed by atoms with Gasteiger partial charge in [0, 0.05) is 16.9 Å². The van der Waals surface area contributed by atoms with Crippen LogP contribution in [0.3, 0.4) is 0 Å². The van der Waals surface area contributed by atoms with Crippen LogP contribution in [0.4, 0.5) is 0 Å². The number of hydrogen-bond acceptors (Lipinski definition) is 6. The van der Waals surface area contributed by atoms with Crippen molar-refractivity contribution in [1.29, 1.82) is 0 Å². The highest BCUT2D eigenvalue weighted by Gasteiger charge is 2.12. The van der Waals surface area contributed by atoms with Gasteiger partial charge in [0.05, 0.1) is 11.7 Å². The molecule has 1 heterocycles. The molecule has 1 atom stereocenters. The number of carbonyl (C=O) groups is 2. The van der Waals surface area contributed by atoms with Crippen LogP contribution in [0.5, 0.6) is 5.75 Å². The van der Waals surface area contributed by atoms with E-state index < -0.39 is 5.97 Å². The molecule has 0 saturated carbocycles. The average Bonchev–Trinajstić information content (AvgIpc) is 3.33. The quantitative estimate of drug-likeness (QED) is 0.192. The Morgan fingerprint density at radius 1 is 1.08 bits per heavy atom. The van der Waals surface area contributed by atoms with Gasteiger partial charge < -0.3 is 20.4 Å². The van der Waals surface area contributed by atoms with Crippen LogP contribution < -0.4 is 10.5 Å².